The summed E-state index contributed by atoms with van der Waals surface area (Å²) in [5.74, 6) is 0.0453. The van der Waals surface area contributed by atoms with Crippen LogP contribution in [0.5, 0.6) is 0 Å². The van der Waals surface area contributed by atoms with Gasteiger partial charge in [0.1, 0.15) is 0 Å². The Morgan fingerprint density at radius 1 is 1.33 bits per heavy atom. The van der Waals surface area contributed by atoms with Gasteiger partial charge in [0.05, 0.1) is 23.8 Å². The first-order chi connectivity index (χ1) is 11.6. The predicted molar refractivity (Wildman–Crippen MR) is 91.7 cm³/mol. The van der Waals surface area contributed by atoms with Crippen molar-refractivity contribution in [2.75, 3.05) is 26.2 Å². The number of carbonyl (C=O) groups excluding carboxylic acids is 1. The average molecular weight is 327 g/mol. The number of ether oxygens (including phenoxy) is 1. The summed E-state index contributed by atoms with van der Waals surface area (Å²) in [4.78, 5) is 17.3. The topological polar surface area (TPSA) is 56.6 Å². The Labute approximate surface area is 143 Å². The van der Waals surface area contributed by atoms with E-state index in [0.29, 0.717) is 11.1 Å². The lowest BCUT2D eigenvalue weighted by molar-refractivity contribution is -0.0715. The van der Waals surface area contributed by atoms with E-state index in [1.807, 2.05) is 4.90 Å². The Morgan fingerprint density at radius 2 is 2.08 bits per heavy atom. The molecule has 0 aliphatic carbocycles. The van der Waals surface area contributed by atoms with Gasteiger partial charge in [0.2, 0.25) is 0 Å². The van der Waals surface area contributed by atoms with Gasteiger partial charge in [-0.3, -0.25) is 9.69 Å². The van der Waals surface area contributed by atoms with Crippen molar-refractivity contribution in [1.82, 2.24) is 9.80 Å². The van der Waals surface area contributed by atoms with Crippen molar-refractivity contribution >= 4 is 5.91 Å². The maximum Gasteiger partial charge on any atom is 0.254 e. The molecule has 2 saturated heterocycles. The average Bonchev–Trinajstić information content (AvgIpc) is 3.01. The number of hydrogen-bond acceptors (Lipinski definition) is 4. The zero-order chi connectivity index (χ0) is 17.1. The third-order valence-corrected chi connectivity index (χ3v) is 4.84. The molecule has 0 bridgehead atoms. The van der Waals surface area contributed by atoms with Gasteiger partial charge in [0.15, 0.2) is 0 Å². The first-order valence-electron chi connectivity index (χ1n) is 8.75. The molecule has 1 aromatic carbocycles. The molecule has 2 heterocycles. The smallest absolute Gasteiger partial charge is 0.254 e. The van der Waals surface area contributed by atoms with Gasteiger partial charge in [-0.1, -0.05) is 6.07 Å². The summed E-state index contributed by atoms with van der Waals surface area (Å²) < 4.78 is 5.80. The van der Waals surface area contributed by atoms with Crippen molar-refractivity contribution in [3.05, 3.63) is 35.4 Å². The maximum absolute atomic E-state index is 12.9. The van der Waals surface area contributed by atoms with Gasteiger partial charge in [-0.15, -0.1) is 0 Å². The summed E-state index contributed by atoms with van der Waals surface area (Å²) in [5, 5.41) is 9.03. The van der Waals surface area contributed by atoms with Crippen LogP contribution in [0.4, 0.5) is 0 Å². The molecule has 0 aromatic heterocycles. The zero-order valence-electron chi connectivity index (χ0n) is 14.4. The SMILES string of the molecule is C[C@@H]1CN(C[C@H]2CCCN2C(=O)c2cccc(C#N)c2)C[C@H](C)O1. The van der Waals surface area contributed by atoms with Crippen LogP contribution in [0.2, 0.25) is 0 Å². The van der Waals surface area contributed by atoms with Gasteiger partial charge >= 0.3 is 0 Å². The van der Waals surface area contributed by atoms with Crippen LogP contribution >= 0.6 is 0 Å². The number of amides is 1. The second-order valence-electron chi connectivity index (χ2n) is 6.96. The van der Waals surface area contributed by atoms with Gasteiger partial charge < -0.3 is 9.64 Å². The summed E-state index contributed by atoms with van der Waals surface area (Å²) in [5.41, 5.74) is 1.15. The van der Waals surface area contributed by atoms with E-state index in [0.717, 1.165) is 39.0 Å². The first kappa shape index (κ1) is 16.9. The van der Waals surface area contributed by atoms with E-state index >= 15 is 0 Å². The van der Waals surface area contributed by atoms with Crippen molar-refractivity contribution in [1.29, 1.82) is 5.26 Å². The molecule has 5 nitrogen and oxygen atoms in total. The van der Waals surface area contributed by atoms with Gasteiger partial charge in [-0.05, 0) is 44.9 Å². The Morgan fingerprint density at radius 3 is 2.79 bits per heavy atom. The minimum Gasteiger partial charge on any atom is -0.373 e. The summed E-state index contributed by atoms with van der Waals surface area (Å²) in [6, 6.07) is 9.36. The highest BCUT2D eigenvalue weighted by atomic mass is 16.5. The van der Waals surface area contributed by atoms with E-state index in [1.165, 1.54) is 0 Å². The molecule has 0 N–H and O–H groups in total. The number of nitrogens with zero attached hydrogens (tertiary/aromatic N) is 3. The molecule has 5 heteroatoms. The maximum atomic E-state index is 12.9. The van der Waals surface area contributed by atoms with Crippen LogP contribution in [0.15, 0.2) is 24.3 Å². The second kappa shape index (κ2) is 7.33. The Balaban J connectivity index is 1.68. The summed E-state index contributed by atoms with van der Waals surface area (Å²) in [6.07, 6.45) is 2.58. The fourth-order valence-corrected chi connectivity index (χ4v) is 3.91. The summed E-state index contributed by atoms with van der Waals surface area (Å²) in [6.45, 7) is 7.76. The molecule has 3 atom stereocenters. The third-order valence-electron chi connectivity index (χ3n) is 4.84. The lowest BCUT2D eigenvalue weighted by Gasteiger charge is -2.38. The third kappa shape index (κ3) is 3.77. The molecule has 0 spiro atoms. The normalized spacial score (nSPS) is 27.9. The lowest BCUT2D eigenvalue weighted by Crippen LogP contribution is -2.50. The lowest BCUT2D eigenvalue weighted by atomic mass is 10.1. The van der Waals surface area contributed by atoms with Crippen LogP contribution in [0.25, 0.3) is 0 Å². The fourth-order valence-electron chi connectivity index (χ4n) is 3.91. The van der Waals surface area contributed by atoms with Crippen molar-refractivity contribution in [2.45, 2.75) is 44.9 Å². The van der Waals surface area contributed by atoms with Crippen molar-refractivity contribution in [2.24, 2.45) is 0 Å². The van der Waals surface area contributed by atoms with E-state index in [-0.39, 0.29) is 24.2 Å². The fraction of sp³-hybridized carbons (Fsp3) is 0.579. The minimum atomic E-state index is 0.0453. The Bertz CT molecular complexity index is 630. The van der Waals surface area contributed by atoms with Crippen LogP contribution in [0, 0.1) is 11.3 Å². The van der Waals surface area contributed by atoms with E-state index in [1.54, 1.807) is 24.3 Å². The van der Waals surface area contributed by atoms with E-state index in [4.69, 9.17) is 10.00 Å². The van der Waals surface area contributed by atoms with Crippen LogP contribution < -0.4 is 0 Å². The number of likely N-dealkylation sites (tertiary alicyclic amines) is 1. The summed E-state index contributed by atoms with van der Waals surface area (Å²) >= 11 is 0. The Kier molecular flexibility index (Phi) is 5.17. The van der Waals surface area contributed by atoms with Gasteiger partial charge in [0, 0.05) is 37.8 Å². The van der Waals surface area contributed by atoms with Crippen LogP contribution in [-0.4, -0.2) is 60.1 Å². The highest BCUT2D eigenvalue weighted by Gasteiger charge is 2.32. The standard InChI is InChI=1S/C19H25N3O2/c1-14-11-21(12-15(2)24-14)13-18-7-4-8-22(18)19(23)17-6-3-5-16(9-17)10-20/h3,5-6,9,14-15,18H,4,7-8,11-13H2,1-2H3/t14-,15+,18-/m1/s1. The molecule has 2 aliphatic heterocycles. The number of morpholine rings is 1. The van der Waals surface area contributed by atoms with Gasteiger partial charge in [0.25, 0.3) is 5.91 Å². The predicted octanol–water partition coefficient (Wildman–Crippen LogP) is 2.27. The molecular formula is C19H25N3O2. The largest absolute Gasteiger partial charge is 0.373 e. The van der Waals surface area contributed by atoms with Crippen molar-refractivity contribution in [3.8, 4) is 6.07 Å². The molecule has 1 aromatic rings. The number of benzene rings is 1. The van der Waals surface area contributed by atoms with Crippen molar-refractivity contribution < 1.29 is 9.53 Å². The highest BCUT2D eigenvalue weighted by Crippen LogP contribution is 2.23. The molecule has 0 saturated carbocycles. The van der Waals surface area contributed by atoms with Crippen LogP contribution in [0.3, 0.4) is 0 Å². The molecule has 1 amide bonds. The number of rotatable bonds is 3. The van der Waals surface area contributed by atoms with Crippen molar-refractivity contribution in [3.63, 3.8) is 0 Å². The van der Waals surface area contributed by atoms with E-state index in [9.17, 15) is 4.79 Å². The molecular weight excluding hydrogens is 302 g/mol. The number of nitriles is 1. The zero-order valence-corrected chi connectivity index (χ0v) is 14.4. The summed E-state index contributed by atoms with van der Waals surface area (Å²) in [7, 11) is 0. The number of hydrogen-bond donors (Lipinski definition) is 0. The number of carbonyl (C=O) groups is 1. The molecule has 0 radical (unpaired) electrons. The van der Waals surface area contributed by atoms with E-state index < -0.39 is 0 Å². The highest BCUT2D eigenvalue weighted by molar-refractivity contribution is 5.95. The van der Waals surface area contributed by atoms with Gasteiger partial charge in [-0.2, -0.15) is 5.26 Å². The van der Waals surface area contributed by atoms with Crippen LogP contribution in [-0.2, 0) is 4.74 Å². The molecule has 2 aliphatic rings. The molecule has 24 heavy (non-hydrogen) atoms. The van der Waals surface area contributed by atoms with E-state index in [2.05, 4.69) is 24.8 Å². The minimum absolute atomic E-state index is 0.0453. The Hall–Kier alpha value is -1.90. The quantitative estimate of drug-likeness (QED) is 0.854. The molecule has 3 rings (SSSR count). The molecule has 128 valence electrons. The first-order valence-corrected chi connectivity index (χ1v) is 8.75. The molecule has 0 unspecified atom stereocenters. The molecule has 2 fully saturated rings. The van der Waals surface area contributed by atoms with Crippen LogP contribution in [0.1, 0.15) is 42.6 Å². The monoisotopic (exact) mass is 327 g/mol. The van der Waals surface area contributed by atoms with Gasteiger partial charge in [-0.25, -0.2) is 0 Å². The second-order valence-corrected chi connectivity index (χ2v) is 6.96.